The molecule has 0 fully saturated rings. The molecule has 0 aromatic heterocycles. The van der Waals surface area contributed by atoms with Gasteiger partial charge in [-0.25, -0.2) is 4.79 Å². The molecule has 0 aliphatic carbocycles. The molecule has 0 aliphatic rings. The highest BCUT2D eigenvalue weighted by Crippen LogP contribution is 2.03. The molecule has 0 heterocycles. The summed E-state index contributed by atoms with van der Waals surface area (Å²) in [4.78, 5) is 11.8. The maximum absolute atomic E-state index is 11.8. The lowest BCUT2D eigenvalue weighted by molar-refractivity contribution is 0.0982. The minimum atomic E-state index is -0.484. The van der Waals surface area contributed by atoms with E-state index in [4.69, 9.17) is 9.47 Å². The molecular formula is C19H21NO3. The van der Waals surface area contributed by atoms with Gasteiger partial charge in [0.25, 0.3) is 0 Å². The molecule has 23 heavy (non-hydrogen) atoms. The Morgan fingerprint density at radius 2 is 1.57 bits per heavy atom. The van der Waals surface area contributed by atoms with E-state index in [1.807, 2.05) is 60.7 Å². The molecule has 4 nitrogen and oxygen atoms in total. The van der Waals surface area contributed by atoms with Gasteiger partial charge in [-0.3, -0.25) is 0 Å². The number of hydrogen-bond acceptors (Lipinski definition) is 3. The van der Waals surface area contributed by atoms with Crippen LogP contribution in [0.5, 0.6) is 0 Å². The van der Waals surface area contributed by atoms with Gasteiger partial charge in [0.15, 0.2) is 0 Å². The zero-order valence-corrected chi connectivity index (χ0v) is 13.0. The van der Waals surface area contributed by atoms with Crippen LogP contribution < -0.4 is 5.32 Å². The van der Waals surface area contributed by atoms with Crippen LogP contribution in [0, 0.1) is 0 Å². The molecule has 4 heteroatoms. The minimum Gasteiger partial charge on any atom is -0.445 e. The normalized spacial score (nSPS) is 11.5. The number of alkyl carbamates (subject to hydrolysis) is 1. The average Bonchev–Trinajstić information content (AvgIpc) is 2.61. The molecule has 2 aromatic carbocycles. The third-order valence-electron chi connectivity index (χ3n) is 3.21. The van der Waals surface area contributed by atoms with E-state index in [9.17, 15) is 4.79 Å². The lowest BCUT2D eigenvalue weighted by atomic mass is 10.2. The number of ether oxygens (including phenoxy) is 2. The van der Waals surface area contributed by atoms with Crippen LogP contribution in [0.15, 0.2) is 73.3 Å². The molecule has 2 aromatic rings. The Kier molecular flexibility index (Phi) is 6.88. The van der Waals surface area contributed by atoms with Crippen molar-refractivity contribution in [3.05, 3.63) is 84.4 Å². The van der Waals surface area contributed by atoms with Gasteiger partial charge in [-0.05, 0) is 11.1 Å². The van der Waals surface area contributed by atoms with Gasteiger partial charge in [-0.15, -0.1) is 6.58 Å². The van der Waals surface area contributed by atoms with Crippen molar-refractivity contribution in [1.29, 1.82) is 0 Å². The number of carbonyl (C=O) groups is 1. The highest BCUT2D eigenvalue weighted by Gasteiger charge is 2.10. The lowest BCUT2D eigenvalue weighted by Crippen LogP contribution is -2.37. The fraction of sp³-hybridized carbons (Fsp3) is 0.211. The van der Waals surface area contributed by atoms with E-state index < -0.39 is 6.09 Å². The molecule has 2 rings (SSSR count). The Morgan fingerprint density at radius 3 is 2.13 bits per heavy atom. The summed E-state index contributed by atoms with van der Waals surface area (Å²) < 4.78 is 10.8. The third kappa shape index (κ3) is 6.36. The zero-order chi connectivity index (χ0) is 16.3. The number of hydrogen-bond donors (Lipinski definition) is 1. The fourth-order valence-electron chi connectivity index (χ4n) is 1.96. The quantitative estimate of drug-likeness (QED) is 0.756. The Balaban J connectivity index is 1.69. The monoisotopic (exact) mass is 311 g/mol. The van der Waals surface area contributed by atoms with Gasteiger partial charge in [0.05, 0.1) is 19.3 Å². The number of rotatable bonds is 8. The topological polar surface area (TPSA) is 47.6 Å². The predicted molar refractivity (Wildman–Crippen MR) is 89.8 cm³/mol. The van der Waals surface area contributed by atoms with Gasteiger partial charge in [0.2, 0.25) is 0 Å². The molecule has 0 unspecified atom stereocenters. The Labute approximate surface area is 136 Å². The third-order valence-corrected chi connectivity index (χ3v) is 3.21. The minimum absolute atomic E-state index is 0.238. The molecule has 0 aliphatic heterocycles. The van der Waals surface area contributed by atoms with Crippen LogP contribution in [0.25, 0.3) is 0 Å². The number of amides is 1. The van der Waals surface area contributed by atoms with Crippen molar-refractivity contribution in [1.82, 2.24) is 5.32 Å². The van der Waals surface area contributed by atoms with Crippen LogP contribution >= 0.6 is 0 Å². The first-order valence-corrected chi connectivity index (χ1v) is 7.49. The SMILES string of the molecule is C=C[C@H](COCc1ccccc1)NC(=O)OCc1ccccc1. The van der Waals surface area contributed by atoms with Crippen molar-refractivity contribution in [2.75, 3.05) is 6.61 Å². The van der Waals surface area contributed by atoms with E-state index >= 15 is 0 Å². The Hall–Kier alpha value is -2.59. The predicted octanol–water partition coefficient (Wildman–Crippen LogP) is 3.68. The highest BCUT2D eigenvalue weighted by molar-refractivity contribution is 5.67. The first-order valence-electron chi connectivity index (χ1n) is 7.49. The summed E-state index contributed by atoms with van der Waals surface area (Å²) in [6.45, 7) is 4.78. The van der Waals surface area contributed by atoms with Crippen molar-refractivity contribution in [3.63, 3.8) is 0 Å². The van der Waals surface area contributed by atoms with Crippen LogP contribution in [-0.4, -0.2) is 18.7 Å². The standard InChI is InChI=1S/C19H21NO3/c1-2-18(15-22-13-16-9-5-3-6-10-16)20-19(21)23-14-17-11-7-4-8-12-17/h2-12,18H,1,13-15H2,(H,20,21)/t18-/m1/s1. The molecule has 1 atom stereocenters. The highest BCUT2D eigenvalue weighted by atomic mass is 16.5. The maximum atomic E-state index is 11.8. The number of nitrogens with one attached hydrogen (secondary N) is 1. The van der Waals surface area contributed by atoms with Gasteiger partial charge in [-0.1, -0.05) is 66.7 Å². The number of carbonyl (C=O) groups excluding carboxylic acids is 1. The van der Waals surface area contributed by atoms with Crippen LogP contribution in [0.4, 0.5) is 4.79 Å². The lowest BCUT2D eigenvalue weighted by Gasteiger charge is -2.15. The summed E-state index contributed by atoms with van der Waals surface area (Å²) >= 11 is 0. The van der Waals surface area contributed by atoms with E-state index in [-0.39, 0.29) is 12.6 Å². The summed E-state index contributed by atoms with van der Waals surface area (Å²) in [6.07, 6.45) is 1.15. The van der Waals surface area contributed by atoms with Crippen LogP contribution in [-0.2, 0) is 22.7 Å². The van der Waals surface area contributed by atoms with Crippen LogP contribution in [0.3, 0.4) is 0 Å². The van der Waals surface area contributed by atoms with Crippen molar-refractivity contribution in [2.24, 2.45) is 0 Å². The van der Waals surface area contributed by atoms with Crippen LogP contribution in [0.2, 0.25) is 0 Å². The van der Waals surface area contributed by atoms with Gasteiger partial charge >= 0.3 is 6.09 Å². The molecule has 1 N–H and O–H groups in total. The van der Waals surface area contributed by atoms with E-state index in [2.05, 4.69) is 11.9 Å². The maximum Gasteiger partial charge on any atom is 0.408 e. The van der Waals surface area contributed by atoms with Gasteiger partial charge in [-0.2, -0.15) is 0 Å². The zero-order valence-electron chi connectivity index (χ0n) is 13.0. The Bertz CT molecular complexity index is 599. The van der Waals surface area contributed by atoms with E-state index in [0.717, 1.165) is 11.1 Å². The van der Waals surface area contributed by atoms with E-state index in [1.54, 1.807) is 6.08 Å². The molecule has 0 saturated heterocycles. The first kappa shape index (κ1) is 16.8. The van der Waals surface area contributed by atoms with Crippen molar-refractivity contribution >= 4 is 6.09 Å². The molecule has 120 valence electrons. The second kappa shape index (κ2) is 9.43. The van der Waals surface area contributed by atoms with Crippen LogP contribution in [0.1, 0.15) is 11.1 Å². The molecule has 1 amide bonds. The Morgan fingerprint density at radius 1 is 1.00 bits per heavy atom. The van der Waals surface area contributed by atoms with Gasteiger partial charge < -0.3 is 14.8 Å². The van der Waals surface area contributed by atoms with E-state index in [1.165, 1.54) is 0 Å². The molecule has 0 spiro atoms. The number of benzene rings is 2. The summed E-state index contributed by atoms with van der Waals surface area (Å²) in [5.74, 6) is 0. The molecule has 0 radical (unpaired) electrons. The van der Waals surface area contributed by atoms with E-state index in [0.29, 0.717) is 13.2 Å². The average molecular weight is 311 g/mol. The van der Waals surface area contributed by atoms with Gasteiger partial charge in [0, 0.05) is 0 Å². The summed E-state index contributed by atoms with van der Waals surface area (Å²) in [5, 5.41) is 2.72. The second-order valence-corrected chi connectivity index (χ2v) is 5.05. The largest absolute Gasteiger partial charge is 0.445 e. The molecule has 0 bridgehead atoms. The second-order valence-electron chi connectivity index (χ2n) is 5.05. The smallest absolute Gasteiger partial charge is 0.408 e. The first-order chi connectivity index (χ1) is 11.3. The summed E-state index contributed by atoms with van der Waals surface area (Å²) in [5.41, 5.74) is 2.03. The summed E-state index contributed by atoms with van der Waals surface area (Å²) in [6, 6.07) is 19.1. The van der Waals surface area contributed by atoms with Crippen molar-refractivity contribution in [3.8, 4) is 0 Å². The van der Waals surface area contributed by atoms with Crippen molar-refractivity contribution in [2.45, 2.75) is 19.3 Å². The molecular weight excluding hydrogens is 290 g/mol. The fourth-order valence-corrected chi connectivity index (χ4v) is 1.96. The summed E-state index contributed by atoms with van der Waals surface area (Å²) in [7, 11) is 0. The van der Waals surface area contributed by atoms with Crippen molar-refractivity contribution < 1.29 is 14.3 Å². The van der Waals surface area contributed by atoms with Gasteiger partial charge in [0.1, 0.15) is 6.61 Å². The molecule has 0 saturated carbocycles.